The molecule has 0 fully saturated rings. The SMILES string of the molecule is CCC(C)Oc1ccc(Cc2ncccn2)cc1OC. The van der Waals surface area contributed by atoms with E-state index in [9.17, 15) is 0 Å². The van der Waals surface area contributed by atoms with Crippen LogP contribution in [0.15, 0.2) is 36.7 Å². The summed E-state index contributed by atoms with van der Waals surface area (Å²) in [5.74, 6) is 2.32. The van der Waals surface area contributed by atoms with Gasteiger partial charge >= 0.3 is 0 Å². The van der Waals surface area contributed by atoms with Crippen LogP contribution >= 0.6 is 0 Å². The number of hydrogen-bond acceptors (Lipinski definition) is 4. The fourth-order valence-electron chi connectivity index (χ4n) is 1.82. The van der Waals surface area contributed by atoms with Crippen molar-refractivity contribution in [2.24, 2.45) is 0 Å². The van der Waals surface area contributed by atoms with Crippen molar-refractivity contribution in [1.29, 1.82) is 0 Å². The quantitative estimate of drug-likeness (QED) is 0.809. The molecule has 0 bridgehead atoms. The van der Waals surface area contributed by atoms with Crippen molar-refractivity contribution in [3.05, 3.63) is 48.0 Å². The molecule has 0 amide bonds. The van der Waals surface area contributed by atoms with Crippen LogP contribution in [0.2, 0.25) is 0 Å². The molecular weight excluding hydrogens is 252 g/mol. The van der Waals surface area contributed by atoms with Crippen LogP contribution in [0.5, 0.6) is 11.5 Å². The Kier molecular flexibility index (Phi) is 4.93. The van der Waals surface area contributed by atoms with Gasteiger partial charge in [-0.05, 0) is 37.1 Å². The first-order valence-corrected chi connectivity index (χ1v) is 6.82. The fourth-order valence-corrected chi connectivity index (χ4v) is 1.82. The number of hydrogen-bond donors (Lipinski definition) is 0. The summed E-state index contributed by atoms with van der Waals surface area (Å²) >= 11 is 0. The molecule has 1 unspecified atom stereocenters. The molecule has 4 heteroatoms. The van der Waals surface area contributed by atoms with Gasteiger partial charge < -0.3 is 9.47 Å². The minimum atomic E-state index is 0.173. The number of rotatable bonds is 6. The summed E-state index contributed by atoms with van der Waals surface area (Å²) in [7, 11) is 1.65. The molecule has 0 aliphatic rings. The van der Waals surface area contributed by atoms with Crippen LogP contribution < -0.4 is 9.47 Å². The first-order valence-electron chi connectivity index (χ1n) is 6.82. The van der Waals surface area contributed by atoms with Crippen LogP contribution in [0.25, 0.3) is 0 Å². The molecule has 0 N–H and O–H groups in total. The molecule has 1 heterocycles. The lowest BCUT2D eigenvalue weighted by atomic mass is 10.1. The van der Waals surface area contributed by atoms with Gasteiger partial charge in [0.25, 0.3) is 0 Å². The zero-order valence-electron chi connectivity index (χ0n) is 12.2. The molecule has 0 radical (unpaired) electrons. The average molecular weight is 272 g/mol. The highest BCUT2D eigenvalue weighted by atomic mass is 16.5. The highest BCUT2D eigenvalue weighted by Crippen LogP contribution is 2.29. The molecular formula is C16H20N2O2. The van der Waals surface area contributed by atoms with Crippen molar-refractivity contribution in [1.82, 2.24) is 9.97 Å². The van der Waals surface area contributed by atoms with Crippen LogP contribution in [0.3, 0.4) is 0 Å². The predicted octanol–water partition coefficient (Wildman–Crippen LogP) is 3.25. The van der Waals surface area contributed by atoms with Gasteiger partial charge in [0.1, 0.15) is 5.82 Å². The van der Waals surface area contributed by atoms with Gasteiger partial charge in [0, 0.05) is 18.8 Å². The number of ether oxygens (including phenoxy) is 2. The minimum Gasteiger partial charge on any atom is -0.493 e. The van der Waals surface area contributed by atoms with E-state index in [-0.39, 0.29) is 6.10 Å². The van der Waals surface area contributed by atoms with E-state index < -0.39 is 0 Å². The summed E-state index contributed by atoms with van der Waals surface area (Å²) in [4.78, 5) is 8.46. The van der Waals surface area contributed by atoms with Crippen LogP contribution in [0, 0.1) is 0 Å². The van der Waals surface area contributed by atoms with Crippen LogP contribution in [-0.4, -0.2) is 23.2 Å². The third kappa shape index (κ3) is 3.70. The molecule has 4 nitrogen and oxygen atoms in total. The third-order valence-electron chi connectivity index (χ3n) is 3.11. The summed E-state index contributed by atoms with van der Waals surface area (Å²) in [5, 5.41) is 0. The van der Waals surface area contributed by atoms with Crippen LogP contribution in [0.1, 0.15) is 31.7 Å². The third-order valence-corrected chi connectivity index (χ3v) is 3.11. The molecule has 20 heavy (non-hydrogen) atoms. The summed E-state index contributed by atoms with van der Waals surface area (Å²) in [5.41, 5.74) is 1.10. The molecule has 1 aromatic carbocycles. The predicted molar refractivity (Wildman–Crippen MR) is 78.2 cm³/mol. The Morgan fingerprint density at radius 2 is 1.90 bits per heavy atom. The van der Waals surface area contributed by atoms with E-state index in [1.807, 2.05) is 31.2 Å². The summed E-state index contributed by atoms with van der Waals surface area (Å²) in [6.45, 7) is 4.14. The highest BCUT2D eigenvalue weighted by Gasteiger charge is 2.09. The lowest BCUT2D eigenvalue weighted by molar-refractivity contribution is 0.207. The van der Waals surface area contributed by atoms with E-state index in [2.05, 4.69) is 16.9 Å². The van der Waals surface area contributed by atoms with Crippen molar-refractivity contribution in [3.63, 3.8) is 0 Å². The summed E-state index contributed by atoms with van der Waals surface area (Å²) in [6.07, 6.45) is 5.32. The zero-order chi connectivity index (χ0) is 14.4. The van der Waals surface area contributed by atoms with Gasteiger partial charge in [0.2, 0.25) is 0 Å². The molecule has 2 rings (SSSR count). The van der Waals surface area contributed by atoms with Crippen molar-refractivity contribution in [3.8, 4) is 11.5 Å². The number of nitrogens with zero attached hydrogens (tertiary/aromatic N) is 2. The Hall–Kier alpha value is -2.10. The Balaban J connectivity index is 2.16. The van der Waals surface area contributed by atoms with Crippen LogP contribution in [-0.2, 0) is 6.42 Å². The monoisotopic (exact) mass is 272 g/mol. The average Bonchev–Trinajstić information content (AvgIpc) is 2.49. The maximum Gasteiger partial charge on any atom is 0.161 e. The van der Waals surface area contributed by atoms with E-state index in [1.54, 1.807) is 19.5 Å². The van der Waals surface area contributed by atoms with Gasteiger partial charge in [-0.2, -0.15) is 0 Å². The second-order valence-corrected chi connectivity index (χ2v) is 4.66. The molecule has 2 aromatic rings. The maximum atomic E-state index is 5.83. The Morgan fingerprint density at radius 1 is 1.15 bits per heavy atom. The summed E-state index contributed by atoms with van der Waals surface area (Å²) < 4.78 is 11.2. The lowest BCUT2D eigenvalue weighted by Gasteiger charge is -2.16. The van der Waals surface area contributed by atoms with Gasteiger partial charge in [0.05, 0.1) is 13.2 Å². The minimum absolute atomic E-state index is 0.173. The molecule has 0 saturated carbocycles. The van der Waals surface area contributed by atoms with Gasteiger partial charge in [-0.25, -0.2) is 9.97 Å². The van der Waals surface area contributed by atoms with Gasteiger partial charge in [-0.15, -0.1) is 0 Å². The topological polar surface area (TPSA) is 44.2 Å². The van der Waals surface area contributed by atoms with E-state index in [0.29, 0.717) is 6.42 Å². The maximum absolute atomic E-state index is 5.83. The second kappa shape index (κ2) is 6.89. The fraction of sp³-hybridized carbons (Fsp3) is 0.375. The van der Waals surface area contributed by atoms with Crippen molar-refractivity contribution >= 4 is 0 Å². The standard InChI is InChI=1S/C16H20N2O2/c1-4-12(2)20-14-7-6-13(10-15(14)19-3)11-16-17-8-5-9-18-16/h5-10,12H,4,11H2,1-3H3. The molecule has 106 valence electrons. The zero-order valence-corrected chi connectivity index (χ0v) is 12.2. The molecule has 0 aliphatic heterocycles. The smallest absolute Gasteiger partial charge is 0.161 e. The normalized spacial score (nSPS) is 11.9. The van der Waals surface area contributed by atoms with Crippen LogP contribution in [0.4, 0.5) is 0 Å². The number of aromatic nitrogens is 2. The van der Waals surface area contributed by atoms with Crippen molar-refractivity contribution in [2.75, 3.05) is 7.11 Å². The van der Waals surface area contributed by atoms with E-state index in [1.165, 1.54) is 0 Å². The van der Waals surface area contributed by atoms with Crippen molar-refractivity contribution < 1.29 is 9.47 Å². The Bertz CT molecular complexity index is 543. The molecule has 0 aliphatic carbocycles. The van der Waals surface area contributed by atoms with Crippen molar-refractivity contribution in [2.45, 2.75) is 32.8 Å². The first kappa shape index (κ1) is 14.3. The van der Waals surface area contributed by atoms with E-state index in [0.717, 1.165) is 29.3 Å². The lowest BCUT2D eigenvalue weighted by Crippen LogP contribution is -2.10. The molecule has 0 spiro atoms. The number of benzene rings is 1. The molecule has 1 atom stereocenters. The Labute approximate surface area is 119 Å². The van der Waals surface area contributed by atoms with E-state index in [4.69, 9.17) is 9.47 Å². The van der Waals surface area contributed by atoms with Gasteiger partial charge in [-0.3, -0.25) is 0 Å². The Morgan fingerprint density at radius 3 is 2.55 bits per heavy atom. The summed E-state index contributed by atoms with van der Waals surface area (Å²) in [6, 6.07) is 7.76. The largest absolute Gasteiger partial charge is 0.493 e. The number of methoxy groups -OCH3 is 1. The van der Waals surface area contributed by atoms with Gasteiger partial charge in [0.15, 0.2) is 11.5 Å². The molecule has 1 aromatic heterocycles. The first-order chi connectivity index (χ1) is 9.72. The molecule has 0 saturated heterocycles. The van der Waals surface area contributed by atoms with E-state index >= 15 is 0 Å². The second-order valence-electron chi connectivity index (χ2n) is 4.66. The highest BCUT2D eigenvalue weighted by molar-refractivity contribution is 5.43. The van der Waals surface area contributed by atoms with Gasteiger partial charge in [-0.1, -0.05) is 13.0 Å².